The molecule has 0 unspecified atom stereocenters. The van der Waals surface area contributed by atoms with Gasteiger partial charge in [0.2, 0.25) is 5.56 Å². The minimum Gasteiger partial charge on any atom is -0.487 e. The van der Waals surface area contributed by atoms with Crippen LogP contribution in [-0.4, -0.2) is 30.4 Å². The lowest BCUT2D eigenvalue weighted by Crippen LogP contribution is -2.43. The van der Waals surface area contributed by atoms with Crippen LogP contribution in [0.2, 0.25) is 0 Å². The Bertz CT molecular complexity index is 871. The van der Waals surface area contributed by atoms with Gasteiger partial charge in [0.25, 0.3) is 0 Å². The molecule has 0 saturated carbocycles. The highest BCUT2D eigenvalue weighted by molar-refractivity contribution is 5.89. The summed E-state index contributed by atoms with van der Waals surface area (Å²) in [5.74, 6) is -0.00882. The van der Waals surface area contributed by atoms with Crippen LogP contribution in [0.15, 0.2) is 23.0 Å². The summed E-state index contributed by atoms with van der Waals surface area (Å²) in [6.45, 7) is 0.109. The highest BCUT2D eigenvalue weighted by Crippen LogP contribution is 2.41. The molecule has 0 radical (unpaired) electrons. The van der Waals surface area contributed by atoms with Gasteiger partial charge in [0.15, 0.2) is 0 Å². The van der Waals surface area contributed by atoms with Gasteiger partial charge in [-0.1, -0.05) is 0 Å². The van der Waals surface area contributed by atoms with Gasteiger partial charge in [-0.3, -0.25) is 4.79 Å². The van der Waals surface area contributed by atoms with Crippen LogP contribution in [0.4, 0.5) is 32.0 Å². The molecule has 1 aliphatic heterocycles. The van der Waals surface area contributed by atoms with E-state index in [1.807, 2.05) is 0 Å². The number of halogens is 6. The van der Waals surface area contributed by atoms with E-state index in [9.17, 15) is 31.1 Å². The average Bonchev–Trinajstić information content (AvgIpc) is 2.41. The number of nitrogens with zero attached hydrogens (tertiary/aromatic N) is 1. The van der Waals surface area contributed by atoms with Crippen molar-refractivity contribution in [2.45, 2.75) is 25.4 Å². The minimum absolute atomic E-state index is 0.00882. The van der Waals surface area contributed by atoms with Gasteiger partial charge in [0.05, 0.1) is 23.3 Å². The molecule has 10 heteroatoms. The maximum atomic E-state index is 13.2. The molecule has 0 saturated heterocycles. The number of H-pyrrole nitrogens is 1. The van der Waals surface area contributed by atoms with Crippen LogP contribution in [0.3, 0.4) is 0 Å². The smallest absolute Gasteiger partial charge is 0.417 e. The molecular formula is C15H12F6N2O2. The third-order valence-electron chi connectivity index (χ3n) is 3.74. The average molecular weight is 366 g/mol. The van der Waals surface area contributed by atoms with Crippen molar-refractivity contribution in [3.8, 4) is 5.75 Å². The first kappa shape index (κ1) is 17.4. The summed E-state index contributed by atoms with van der Waals surface area (Å²) in [5.41, 5.74) is -2.42. The second kappa shape index (κ2) is 5.57. The molecule has 0 amide bonds. The van der Waals surface area contributed by atoms with E-state index in [0.29, 0.717) is 6.07 Å². The normalized spacial score (nSPS) is 18.2. The van der Waals surface area contributed by atoms with Crippen LogP contribution >= 0.6 is 0 Å². The quantitative estimate of drug-likeness (QED) is 0.783. The van der Waals surface area contributed by atoms with Gasteiger partial charge >= 0.3 is 12.4 Å². The van der Waals surface area contributed by atoms with Gasteiger partial charge in [-0.2, -0.15) is 26.3 Å². The summed E-state index contributed by atoms with van der Waals surface area (Å²) < 4.78 is 83.3. The van der Waals surface area contributed by atoms with Crippen molar-refractivity contribution in [3.05, 3.63) is 34.1 Å². The van der Waals surface area contributed by atoms with Crippen molar-refractivity contribution in [1.82, 2.24) is 4.98 Å². The molecule has 1 aromatic heterocycles. The van der Waals surface area contributed by atoms with E-state index in [0.717, 1.165) is 17.0 Å². The molecule has 2 aromatic rings. The molecule has 0 spiro atoms. The molecule has 3 rings (SSSR count). The molecule has 1 aromatic carbocycles. The lowest BCUT2D eigenvalue weighted by molar-refractivity contribution is -0.136. The number of pyridine rings is 1. The Hall–Kier alpha value is -2.39. The minimum atomic E-state index is -4.82. The van der Waals surface area contributed by atoms with Crippen molar-refractivity contribution in [3.63, 3.8) is 0 Å². The summed E-state index contributed by atoms with van der Waals surface area (Å²) in [5, 5.41) is -0.392. The predicted molar refractivity (Wildman–Crippen MR) is 77.9 cm³/mol. The molecule has 2 heterocycles. The highest BCUT2D eigenvalue weighted by Gasteiger charge is 2.37. The number of aromatic amines is 1. The lowest BCUT2D eigenvalue weighted by atomic mass is 10.1. The maximum Gasteiger partial charge on any atom is 0.417 e. The van der Waals surface area contributed by atoms with Crippen molar-refractivity contribution >= 4 is 16.6 Å². The van der Waals surface area contributed by atoms with Crippen LogP contribution in [0.5, 0.6) is 5.75 Å². The van der Waals surface area contributed by atoms with Crippen LogP contribution in [0.1, 0.15) is 12.5 Å². The van der Waals surface area contributed by atoms with Crippen molar-refractivity contribution in [1.29, 1.82) is 0 Å². The second-order valence-corrected chi connectivity index (χ2v) is 5.83. The molecule has 4 nitrogen and oxygen atoms in total. The van der Waals surface area contributed by atoms with E-state index >= 15 is 0 Å². The van der Waals surface area contributed by atoms with E-state index in [-0.39, 0.29) is 23.5 Å². The van der Waals surface area contributed by atoms with Crippen LogP contribution in [-0.2, 0) is 6.18 Å². The van der Waals surface area contributed by atoms with Crippen molar-refractivity contribution in [2.24, 2.45) is 0 Å². The van der Waals surface area contributed by atoms with Crippen LogP contribution in [0, 0.1) is 0 Å². The van der Waals surface area contributed by atoms with E-state index in [4.69, 9.17) is 4.74 Å². The maximum absolute atomic E-state index is 13.2. The molecule has 1 atom stereocenters. The Labute approximate surface area is 137 Å². The second-order valence-electron chi connectivity index (χ2n) is 5.83. The number of ether oxygens (including phenoxy) is 1. The lowest BCUT2D eigenvalue weighted by Gasteiger charge is -2.35. The number of benzene rings is 1. The first-order valence-corrected chi connectivity index (χ1v) is 7.21. The number of fused-ring (bicyclic) bond motifs is 2. The number of anilines is 1. The number of alkyl halides is 6. The molecule has 25 heavy (non-hydrogen) atoms. The van der Waals surface area contributed by atoms with Gasteiger partial charge in [0.1, 0.15) is 18.4 Å². The largest absolute Gasteiger partial charge is 0.487 e. The van der Waals surface area contributed by atoms with E-state index in [2.05, 4.69) is 4.98 Å². The van der Waals surface area contributed by atoms with Crippen LogP contribution in [0.25, 0.3) is 10.9 Å². The summed E-state index contributed by atoms with van der Waals surface area (Å²) in [6.07, 6.45) is -9.94. The van der Waals surface area contributed by atoms with E-state index in [1.54, 1.807) is 6.92 Å². The molecule has 0 bridgehead atoms. The summed E-state index contributed by atoms with van der Waals surface area (Å²) >= 11 is 0. The zero-order valence-corrected chi connectivity index (χ0v) is 12.8. The van der Waals surface area contributed by atoms with Gasteiger partial charge in [-0.05, 0) is 13.0 Å². The number of hydrogen-bond donors (Lipinski definition) is 1. The zero-order chi connectivity index (χ0) is 18.6. The number of aromatic nitrogens is 1. The summed E-state index contributed by atoms with van der Waals surface area (Å²) in [6, 6.07) is 2.48. The topological polar surface area (TPSA) is 45.3 Å². The fraction of sp³-hybridized carbons (Fsp3) is 0.400. The first-order valence-electron chi connectivity index (χ1n) is 7.21. The SMILES string of the molecule is C[C@@H]1CN(CC(F)(F)F)c2cc3c(C(F)(F)F)cc(=O)[nH]c3cc2O1. The zero-order valence-electron chi connectivity index (χ0n) is 12.8. The fourth-order valence-electron chi connectivity index (χ4n) is 2.88. The standard InChI is InChI=1S/C15H12F6N2O2/c1-7-5-23(6-14(16,17)18)11-2-8-9(15(19,20)21)3-13(24)22-10(8)4-12(11)25-7/h2-4,7H,5-6H2,1H3,(H,22,24)/t7-/m1/s1. The Morgan fingerprint density at radius 3 is 2.48 bits per heavy atom. The Kier molecular flexibility index (Phi) is 3.88. The van der Waals surface area contributed by atoms with Gasteiger partial charge in [-0.15, -0.1) is 0 Å². The summed E-state index contributed by atoms with van der Waals surface area (Å²) in [7, 11) is 0. The number of nitrogens with one attached hydrogen (secondary N) is 1. The fourth-order valence-corrected chi connectivity index (χ4v) is 2.88. The van der Waals surface area contributed by atoms with Gasteiger partial charge in [0, 0.05) is 17.5 Å². The molecular weight excluding hydrogens is 354 g/mol. The monoisotopic (exact) mass is 366 g/mol. The Morgan fingerprint density at radius 1 is 1.20 bits per heavy atom. The van der Waals surface area contributed by atoms with E-state index < -0.39 is 41.5 Å². The third-order valence-corrected chi connectivity index (χ3v) is 3.74. The highest BCUT2D eigenvalue weighted by atomic mass is 19.4. The molecule has 136 valence electrons. The Morgan fingerprint density at radius 2 is 1.88 bits per heavy atom. The molecule has 1 aliphatic rings. The molecule has 0 aliphatic carbocycles. The Balaban J connectivity index is 2.23. The van der Waals surface area contributed by atoms with Crippen LogP contribution < -0.4 is 15.2 Å². The van der Waals surface area contributed by atoms with E-state index in [1.165, 1.54) is 0 Å². The van der Waals surface area contributed by atoms with Crippen molar-refractivity contribution < 1.29 is 31.1 Å². The molecule has 0 fully saturated rings. The molecule has 1 N–H and O–H groups in total. The van der Waals surface area contributed by atoms with Gasteiger partial charge < -0.3 is 14.6 Å². The summed E-state index contributed by atoms with van der Waals surface area (Å²) in [4.78, 5) is 14.7. The number of hydrogen-bond acceptors (Lipinski definition) is 3. The third kappa shape index (κ3) is 3.52. The van der Waals surface area contributed by atoms with Gasteiger partial charge in [-0.25, -0.2) is 0 Å². The predicted octanol–water partition coefficient (Wildman–Crippen LogP) is 3.70. The number of rotatable bonds is 1. The first-order chi connectivity index (χ1) is 11.4. The van der Waals surface area contributed by atoms with Crippen molar-refractivity contribution in [2.75, 3.05) is 18.0 Å².